The lowest BCUT2D eigenvalue weighted by Gasteiger charge is -2.04. The molecule has 1 amide bonds. The minimum absolute atomic E-state index is 0.0905. The molecule has 0 bridgehead atoms. The Morgan fingerprint density at radius 2 is 2.20 bits per heavy atom. The van der Waals surface area contributed by atoms with Crippen molar-refractivity contribution in [2.45, 2.75) is 19.3 Å². The molecule has 4 heteroatoms. The van der Waals surface area contributed by atoms with Crippen LogP contribution in [-0.2, 0) is 4.79 Å². The quantitative estimate of drug-likeness (QED) is 0.731. The molecular formula is C11H14FNO2. The Balaban J connectivity index is 2.37. The number of carbonyl (C=O) groups excluding carboxylic acids is 1. The van der Waals surface area contributed by atoms with Crippen molar-refractivity contribution >= 4 is 11.6 Å². The van der Waals surface area contributed by atoms with Gasteiger partial charge < -0.3 is 10.4 Å². The van der Waals surface area contributed by atoms with Crippen LogP contribution in [0.25, 0.3) is 0 Å². The van der Waals surface area contributed by atoms with Gasteiger partial charge in [-0.2, -0.15) is 0 Å². The number of benzene rings is 1. The predicted octanol–water partition coefficient (Wildman–Crippen LogP) is 1.93. The average molecular weight is 211 g/mol. The number of anilines is 1. The highest BCUT2D eigenvalue weighted by Crippen LogP contribution is 2.09. The summed E-state index contributed by atoms with van der Waals surface area (Å²) in [5.41, 5.74) is 0.462. The Hall–Kier alpha value is -1.42. The van der Waals surface area contributed by atoms with Gasteiger partial charge in [-0.15, -0.1) is 0 Å². The van der Waals surface area contributed by atoms with Crippen molar-refractivity contribution in [2.24, 2.45) is 0 Å². The van der Waals surface area contributed by atoms with Crippen molar-refractivity contribution in [3.05, 3.63) is 30.1 Å². The Bertz CT molecular complexity index is 328. The van der Waals surface area contributed by atoms with Crippen LogP contribution in [0.4, 0.5) is 10.1 Å². The molecule has 82 valence electrons. The topological polar surface area (TPSA) is 49.3 Å². The molecule has 0 spiro atoms. The average Bonchev–Trinajstić information content (AvgIpc) is 2.18. The van der Waals surface area contributed by atoms with Gasteiger partial charge in [0.05, 0.1) is 0 Å². The fourth-order valence-corrected chi connectivity index (χ4v) is 1.19. The molecule has 0 aliphatic carbocycles. The third-order valence-electron chi connectivity index (χ3n) is 1.92. The van der Waals surface area contributed by atoms with Crippen molar-refractivity contribution in [3.8, 4) is 0 Å². The van der Waals surface area contributed by atoms with Crippen molar-refractivity contribution in [3.63, 3.8) is 0 Å². The number of hydrogen-bond acceptors (Lipinski definition) is 2. The molecule has 3 nitrogen and oxygen atoms in total. The van der Waals surface area contributed by atoms with Crippen LogP contribution in [0.5, 0.6) is 0 Å². The van der Waals surface area contributed by atoms with E-state index in [1.807, 2.05) is 0 Å². The number of nitrogens with one attached hydrogen (secondary N) is 1. The number of hydrogen-bond donors (Lipinski definition) is 2. The second kappa shape index (κ2) is 6.14. The van der Waals surface area contributed by atoms with Gasteiger partial charge >= 0.3 is 0 Å². The summed E-state index contributed by atoms with van der Waals surface area (Å²) in [7, 11) is 0. The van der Waals surface area contributed by atoms with Gasteiger partial charge in [-0.05, 0) is 31.0 Å². The SMILES string of the molecule is O=C(CCCCO)Nc1cccc(F)c1. The highest BCUT2D eigenvalue weighted by atomic mass is 19.1. The molecule has 1 aromatic carbocycles. The molecule has 0 radical (unpaired) electrons. The monoisotopic (exact) mass is 211 g/mol. The van der Waals surface area contributed by atoms with E-state index in [4.69, 9.17) is 5.11 Å². The summed E-state index contributed by atoms with van der Waals surface area (Å²) in [6.45, 7) is 0.0905. The maximum absolute atomic E-state index is 12.7. The lowest BCUT2D eigenvalue weighted by atomic mass is 10.2. The van der Waals surface area contributed by atoms with Gasteiger partial charge in [-0.3, -0.25) is 4.79 Å². The number of carbonyl (C=O) groups is 1. The number of amides is 1. The second-order valence-corrected chi connectivity index (χ2v) is 3.24. The summed E-state index contributed by atoms with van der Waals surface area (Å²) in [6, 6.07) is 5.76. The fraction of sp³-hybridized carbons (Fsp3) is 0.364. The van der Waals surface area contributed by atoms with E-state index in [0.29, 0.717) is 24.9 Å². The molecule has 0 aromatic heterocycles. The molecule has 2 N–H and O–H groups in total. The minimum atomic E-state index is -0.372. The van der Waals surface area contributed by atoms with Gasteiger partial charge in [0, 0.05) is 18.7 Å². The zero-order valence-corrected chi connectivity index (χ0v) is 8.37. The van der Waals surface area contributed by atoms with Crippen LogP contribution in [0.3, 0.4) is 0 Å². The lowest BCUT2D eigenvalue weighted by molar-refractivity contribution is -0.116. The van der Waals surface area contributed by atoms with E-state index in [9.17, 15) is 9.18 Å². The standard InChI is InChI=1S/C11H14FNO2/c12-9-4-3-5-10(8-9)13-11(15)6-1-2-7-14/h3-5,8,14H,1-2,6-7H2,(H,13,15). The van der Waals surface area contributed by atoms with E-state index < -0.39 is 0 Å². The fourth-order valence-electron chi connectivity index (χ4n) is 1.19. The predicted molar refractivity (Wildman–Crippen MR) is 56.0 cm³/mol. The molecule has 0 atom stereocenters. The van der Waals surface area contributed by atoms with Crippen molar-refractivity contribution in [1.29, 1.82) is 0 Å². The number of rotatable bonds is 5. The smallest absolute Gasteiger partial charge is 0.224 e. The van der Waals surface area contributed by atoms with Gasteiger partial charge in [-0.25, -0.2) is 4.39 Å². The first-order valence-electron chi connectivity index (χ1n) is 4.88. The van der Waals surface area contributed by atoms with E-state index in [0.717, 1.165) is 0 Å². The molecule has 0 unspecified atom stereocenters. The Kier molecular flexibility index (Phi) is 4.77. The maximum atomic E-state index is 12.7. The van der Waals surface area contributed by atoms with Gasteiger partial charge in [-0.1, -0.05) is 6.07 Å². The Morgan fingerprint density at radius 3 is 2.87 bits per heavy atom. The molecule has 0 fully saturated rings. The van der Waals surface area contributed by atoms with Crippen LogP contribution < -0.4 is 5.32 Å². The first-order valence-corrected chi connectivity index (χ1v) is 4.88. The van der Waals surface area contributed by atoms with Crippen LogP contribution in [0.15, 0.2) is 24.3 Å². The number of aliphatic hydroxyl groups excluding tert-OH is 1. The highest BCUT2D eigenvalue weighted by molar-refractivity contribution is 5.90. The van der Waals surface area contributed by atoms with Gasteiger partial charge in [0.25, 0.3) is 0 Å². The number of unbranched alkanes of at least 4 members (excludes halogenated alkanes) is 1. The van der Waals surface area contributed by atoms with Crippen LogP contribution in [0.2, 0.25) is 0 Å². The molecule has 0 aliphatic rings. The number of aliphatic hydroxyl groups is 1. The molecule has 1 rings (SSSR count). The van der Waals surface area contributed by atoms with Crippen LogP contribution in [-0.4, -0.2) is 17.6 Å². The zero-order valence-electron chi connectivity index (χ0n) is 8.37. The largest absolute Gasteiger partial charge is 0.396 e. The van der Waals surface area contributed by atoms with Gasteiger partial charge in [0.15, 0.2) is 0 Å². The normalized spacial score (nSPS) is 10.0. The molecule has 1 aromatic rings. The van der Waals surface area contributed by atoms with Gasteiger partial charge in [0.2, 0.25) is 5.91 Å². The van der Waals surface area contributed by atoms with Crippen LogP contribution in [0, 0.1) is 5.82 Å². The first-order chi connectivity index (χ1) is 7.22. The zero-order chi connectivity index (χ0) is 11.1. The van der Waals surface area contributed by atoms with Crippen molar-refractivity contribution in [2.75, 3.05) is 11.9 Å². The molecule has 0 saturated heterocycles. The van der Waals surface area contributed by atoms with Crippen molar-refractivity contribution < 1.29 is 14.3 Å². The Labute approximate surface area is 87.9 Å². The van der Waals surface area contributed by atoms with E-state index in [2.05, 4.69) is 5.32 Å². The Morgan fingerprint density at radius 1 is 1.40 bits per heavy atom. The lowest BCUT2D eigenvalue weighted by Crippen LogP contribution is -2.11. The first kappa shape index (κ1) is 11.7. The van der Waals surface area contributed by atoms with E-state index >= 15 is 0 Å². The second-order valence-electron chi connectivity index (χ2n) is 3.24. The third-order valence-corrected chi connectivity index (χ3v) is 1.92. The molecular weight excluding hydrogens is 197 g/mol. The summed E-state index contributed by atoms with van der Waals surface area (Å²) in [6.07, 6.45) is 1.59. The summed E-state index contributed by atoms with van der Waals surface area (Å²) < 4.78 is 12.7. The molecule has 0 saturated carbocycles. The molecule has 0 aliphatic heterocycles. The summed E-state index contributed by atoms with van der Waals surface area (Å²) in [4.78, 5) is 11.3. The van der Waals surface area contributed by atoms with Crippen molar-refractivity contribution in [1.82, 2.24) is 0 Å². The van der Waals surface area contributed by atoms with Gasteiger partial charge in [0.1, 0.15) is 5.82 Å². The summed E-state index contributed by atoms with van der Waals surface area (Å²) in [5, 5.41) is 11.1. The van der Waals surface area contributed by atoms with E-state index in [-0.39, 0.29) is 18.3 Å². The van der Waals surface area contributed by atoms with Crippen LogP contribution in [0.1, 0.15) is 19.3 Å². The summed E-state index contributed by atoms with van der Waals surface area (Å²) >= 11 is 0. The third kappa shape index (κ3) is 4.56. The highest BCUT2D eigenvalue weighted by Gasteiger charge is 2.02. The van der Waals surface area contributed by atoms with E-state index in [1.165, 1.54) is 12.1 Å². The number of halogens is 1. The molecule has 0 heterocycles. The van der Waals surface area contributed by atoms with Crippen LogP contribution >= 0.6 is 0 Å². The van der Waals surface area contributed by atoms with E-state index in [1.54, 1.807) is 12.1 Å². The minimum Gasteiger partial charge on any atom is -0.396 e. The molecule has 15 heavy (non-hydrogen) atoms. The summed E-state index contributed by atoms with van der Waals surface area (Å²) in [5.74, 6) is -0.530. The maximum Gasteiger partial charge on any atom is 0.224 e.